The largest absolute Gasteiger partial charge is 0.384 e. The first-order chi connectivity index (χ1) is 10.3. The van der Waals surface area contributed by atoms with E-state index in [2.05, 4.69) is 39.2 Å². The molecule has 2 aromatic heterocycles. The van der Waals surface area contributed by atoms with Crippen molar-refractivity contribution in [1.29, 1.82) is 0 Å². The summed E-state index contributed by atoms with van der Waals surface area (Å²) < 4.78 is 0. The first-order valence-corrected chi connectivity index (χ1v) is 7.23. The standard InChI is InChI=1S/C17H16N4/c18-17-8-15(20-10-21-17)6-11-1-4-16-13(5-11)7-14(9-19-16)12-2-3-12/h1,4-5,7-10,12H,2-3,6H2,(H2,18,20,21). The number of fused-ring (bicyclic) bond motifs is 1. The van der Waals surface area contributed by atoms with Gasteiger partial charge in [0.15, 0.2) is 0 Å². The average molecular weight is 276 g/mol. The van der Waals surface area contributed by atoms with E-state index in [0.29, 0.717) is 5.82 Å². The minimum atomic E-state index is 0.512. The van der Waals surface area contributed by atoms with E-state index in [9.17, 15) is 0 Å². The number of nitrogen functional groups attached to an aromatic ring is 1. The number of anilines is 1. The fourth-order valence-electron chi connectivity index (χ4n) is 2.67. The van der Waals surface area contributed by atoms with Gasteiger partial charge in [-0.25, -0.2) is 9.97 Å². The number of nitrogens with zero attached hydrogens (tertiary/aromatic N) is 3. The molecule has 0 radical (unpaired) electrons. The molecule has 0 aliphatic heterocycles. The summed E-state index contributed by atoms with van der Waals surface area (Å²) in [6.07, 6.45) is 6.89. The number of benzene rings is 1. The lowest BCUT2D eigenvalue weighted by Gasteiger charge is -2.05. The zero-order valence-electron chi connectivity index (χ0n) is 11.7. The van der Waals surface area contributed by atoms with Crippen LogP contribution in [0, 0.1) is 0 Å². The lowest BCUT2D eigenvalue weighted by atomic mass is 10.0. The molecule has 0 unspecified atom stereocenters. The molecule has 0 atom stereocenters. The summed E-state index contributed by atoms with van der Waals surface area (Å²) in [5.41, 5.74) is 10.3. The van der Waals surface area contributed by atoms with E-state index < -0.39 is 0 Å². The highest BCUT2D eigenvalue weighted by molar-refractivity contribution is 5.80. The molecule has 2 heterocycles. The molecule has 1 aromatic carbocycles. The van der Waals surface area contributed by atoms with Crippen molar-refractivity contribution in [3.8, 4) is 0 Å². The van der Waals surface area contributed by atoms with Gasteiger partial charge >= 0.3 is 0 Å². The molecule has 1 aliphatic rings. The van der Waals surface area contributed by atoms with Crippen LogP contribution in [-0.4, -0.2) is 15.0 Å². The van der Waals surface area contributed by atoms with Crippen molar-refractivity contribution < 1.29 is 0 Å². The predicted molar refractivity (Wildman–Crippen MR) is 83.0 cm³/mol. The fourth-order valence-corrected chi connectivity index (χ4v) is 2.67. The molecule has 0 saturated heterocycles. The highest BCUT2D eigenvalue weighted by Gasteiger charge is 2.23. The maximum absolute atomic E-state index is 5.70. The monoisotopic (exact) mass is 276 g/mol. The van der Waals surface area contributed by atoms with Crippen LogP contribution in [0.5, 0.6) is 0 Å². The summed E-state index contributed by atoms with van der Waals surface area (Å²) in [7, 11) is 0. The molecule has 1 aliphatic carbocycles. The van der Waals surface area contributed by atoms with Crippen LogP contribution in [0.25, 0.3) is 10.9 Å². The van der Waals surface area contributed by atoms with Gasteiger partial charge < -0.3 is 5.73 Å². The summed E-state index contributed by atoms with van der Waals surface area (Å²) in [4.78, 5) is 12.7. The highest BCUT2D eigenvalue weighted by Crippen LogP contribution is 2.40. The zero-order valence-corrected chi connectivity index (χ0v) is 11.7. The van der Waals surface area contributed by atoms with Crippen molar-refractivity contribution in [3.05, 3.63) is 59.7 Å². The van der Waals surface area contributed by atoms with Crippen molar-refractivity contribution in [2.24, 2.45) is 0 Å². The zero-order chi connectivity index (χ0) is 14.2. The van der Waals surface area contributed by atoms with Gasteiger partial charge in [0.25, 0.3) is 0 Å². The third kappa shape index (κ3) is 2.57. The first kappa shape index (κ1) is 12.3. The maximum Gasteiger partial charge on any atom is 0.127 e. The number of aromatic nitrogens is 3. The Hall–Kier alpha value is -2.49. The first-order valence-electron chi connectivity index (χ1n) is 7.23. The molecule has 3 aromatic rings. The molecule has 104 valence electrons. The second kappa shape index (κ2) is 4.81. The number of hydrogen-bond acceptors (Lipinski definition) is 4. The lowest BCUT2D eigenvalue weighted by molar-refractivity contribution is 1.03. The topological polar surface area (TPSA) is 64.7 Å². The summed E-state index contributed by atoms with van der Waals surface area (Å²) in [6, 6.07) is 10.5. The van der Waals surface area contributed by atoms with E-state index in [1.54, 1.807) is 0 Å². The van der Waals surface area contributed by atoms with Crippen molar-refractivity contribution in [3.63, 3.8) is 0 Å². The Labute approximate surface area is 123 Å². The van der Waals surface area contributed by atoms with E-state index in [0.717, 1.165) is 23.5 Å². The minimum absolute atomic E-state index is 0.512. The van der Waals surface area contributed by atoms with Crippen LogP contribution < -0.4 is 5.73 Å². The Morgan fingerprint density at radius 2 is 1.95 bits per heavy atom. The van der Waals surface area contributed by atoms with Gasteiger partial charge in [0.2, 0.25) is 0 Å². The van der Waals surface area contributed by atoms with Crippen LogP contribution in [0.1, 0.15) is 35.6 Å². The summed E-state index contributed by atoms with van der Waals surface area (Å²) in [6.45, 7) is 0. The molecule has 4 nitrogen and oxygen atoms in total. The van der Waals surface area contributed by atoms with E-state index >= 15 is 0 Å². The van der Waals surface area contributed by atoms with E-state index in [4.69, 9.17) is 5.73 Å². The Kier molecular flexibility index (Phi) is 2.81. The molecule has 4 heteroatoms. The van der Waals surface area contributed by atoms with Crippen LogP contribution in [0.3, 0.4) is 0 Å². The number of pyridine rings is 1. The Balaban J connectivity index is 1.68. The molecule has 0 bridgehead atoms. The minimum Gasteiger partial charge on any atom is -0.384 e. The van der Waals surface area contributed by atoms with Crippen molar-refractivity contribution in [1.82, 2.24) is 15.0 Å². The Morgan fingerprint density at radius 1 is 1.05 bits per heavy atom. The molecular weight excluding hydrogens is 260 g/mol. The lowest BCUT2D eigenvalue weighted by Crippen LogP contribution is -1.97. The van der Waals surface area contributed by atoms with Crippen LogP contribution in [-0.2, 0) is 6.42 Å². The Morgan fingerprint density at radius 3 is 2.76 bits per heavy atom. The van der Waals surface area contributed by atoms with Gasteiger partial charge in [-0.05, 0) is 48.1 Å². The number of hydrogen-bond donors (Lipinski definition) is 1. The van der Waals surface area contributed by atoms with E-state index in [-0.39, 0.29) is 0 Å². The molecule has 2 N–H and O–H groups in total. The van der Waals surface area contributed by atoms with Gasteiger partial charge in [-0.3, -0.25) is 4.98 Å². The molecule has 0 spiro atoms. The molecule has 21 heavy (non-hydrogen) atoms. The smallest absolute Gasteiger partial charge is 0.127 e. The molecule has 0 amide bonds. The van der Waals surface area contributed by atoms with Gasteiger partial charge in [0, 0.05) is 24.1 Å². The van der Waals surface area contributed by atoms with Gasteiger partial charge in [0.1, 0.15) is 12.1 Å². The molecule has 1 saturated carbocycles. The van der Waals surface area contributed by atoms with Crippen molar-refractivity contribution in [2.45, 2.75) is 25.2 Å². The third-order valence-corrected chi connectivity index (χ3v) is 3.95. The summed E-state index contributed by atoms with van der Waals surface area (Å²) in [5.74, 6) is 1.24. The summed E-state index contributed by atoms with van der Waals surface area (Å²) in [5, 5.41) is 1.21. The maximum atomic E-state index is 5.70. The second-order valence-electron chi connectivity index (χ2n) is 5.68. The number of nitrogens with two attached hydrogens (primary N) is 1. The quantitative estimate of drug-likeness (QED) is 0.798. The van der Waals surface area contributed by atoms with Gasteiger partial charge in [-0.1, -0.05) is 6.07 Å². The molecule has 1 fully saturated rings. The van der Waals surface area contributed by atoms with E-state index in [1.807, 2.05) is 12.3 Å². The average Bonchev–Trinajstić information content (AvgIpc) is 3.31. The molecular formula is C17H16N4. The second-order valence-corrected chi connectivity index (χ2v) is 5.68. The van der Waals surface area contributed by atoms with E-state index in [1.165, 1.54) is 35.7 Å². The van der Waals surface area contributed by atoms with Crippen LogP contribution >= 0.6 is 0 Å². The van der Waals surface area contributed by atoms with Gasteiger partial charge in [-0.15, -0.1) is 0 Å². The summed E-state index contributed by atoms with van der Waals surface area (Å²) >= 11 is 0. The third-order valence-electron chi connectivity index (χ3n) is 3.95. The van der Waals surface area contributed by atoms with Crippen LogP contribution in [0.2, 0.25) is 0 Å². The van der Waals surface area contributed by atoms with Crippen molar-refractivity contribution >= 4 is 16.7 Å². The van der Waals surface area contributed by atoms with Gasteiger partial charge in [0.05, 0.1) is 11.2 Å². The van der Waals surface area contributed by atoms with Gasteiger partial charge in [-0.2, -0.15) is 0 Å². The van der Waals surface area contributed by atoms with Crippen LogP contribution in [0.4, 0.5) is 5.82 Å². The fraction of sp³-hybridized carbons (Fsp3) is 0.235. The SMILES string of the molecule is Nc1cc(Cc2ccc3ncc(C4CC4)cc3c2)ncn1. The number of rotatable bonds is 3. The normalized spacial score (nSPS) is 14.5. The Bertz CT molecular complexity index is 809. The van der Waals surface area contributed by atoms with Crippen molar-refractivity contribution in [2.75, 3.05) is 5.73 Å². The molecule has 4 rings (SSSR count). The highest BCUT2D eigenvalue weighted by atomic mass is 14.9. The van der Waals surface area contributed by atoms with Crippen LogP contribution in [0.15, 0.2) is 42.9 Å². The predicted octanol–water partition coefficient (Wildman–Crippen LogP) is 3.08.